The lowest BCUT2D eigenvalue weighted by atomic mass is 9.68. The van der Waals surface area contributed by atoms with Crippen molar-refractivity contribution in [3.05, 3.63) is 502 Å². The number of hydrogen-bond donors (Lipinski definition) is 0. The Kier molecular flexibility index (Phi) is 16.0. The molecular formula is C122H92N2. The summed E-state index contributed by atoms with van der Waals surface area (Å²) in [6.45, 7) is 19.3. The van der Waals surface area contributed by atoms with Crippen molar-refractivity contribution in [3.8, 4) is 100 Å². The van der Waals surface area contributed by atoms with E-state index >= 15 is 0 Å². The second kappa shape index (κ2) is 27.0. The van der Waals surface area contributed by atoms with Crippen LogP contribution in [0.4, 0.5) is 34.1 Å². The van der Waals surface area contributed by atoms with Gasteiger partial charge in [0.2, 0.25) is 0 Å². The number of fused-ring (bicyclic) bond motifs is 18. The molecule has 0 aliphatic heterocycles. The first kappa shape index (κ1) is 73.5. The van der Waals surface area contributed by atoms with Gasteiger partial charge in [-0.1, -0.05) is 389 Å². The third-order valence-corrected chi connectivity index (χ3v) is 29.6. The van der Waals surface area contributed by atoms with E-state index in [1.54, 1.807) is 0 Å². The van der Waals surface area contributed by atoms with E-state index in [4.69, 9.17) is 0 Å². The molecule has 0 saturated heterocycles. The summed E-state index contributed by atoms with van der Waals surface area (Å²) in [7, 11) is 0. The summed E-state index contributed by atoms with van der Waals surface area (Å²) in [5.41, 5.74) is 48.4. The van der Waals surface area contributed by atoms with Gasteiger partial charge in [-0.25, -0.2) is 0 Å². The van der Waals surface area contributed by atoms with E-state index in [0.717, 1.165) is 34.1 Å². The van der Waals surface area contributed by atoms with Crippen LogP contribution in [0.25, 0.3) is 100 Å². The lowest BCUT2D eigenvalue weighted by Gasteiger charge is -2.34. The molecule has 24 rings (SSSR count). The van der Waals surface area contributed by atoms with Gasteiger partial charge < -0.3 is 9.80 Å². The summed E-state index contributed by atoms with van der Waals surface area (Å²) < 4.78 is 0. The SMILES string of the molecule is CC1(C)c2cc(-c3ccc(N(c4ccc5c(c4)C(C)(C)c4ccccc4-5)c4cccc5c4-c4ccccc4C5(c4ccccc4)c4ccccc4)cc3)ccc2-c2ccc(-c3ccc4c(c3)-c3ccc(N(c5ccc(-c6cccc7c6C(C)(C)c6ccccc6-7)cc5)c5cccc6c5-c5ccccc5C6(c5ccccc5)c5ccccc5)cc3C4(C)C)cc21. The molecule has 2 heteroatoms. The van der Waals surface area contributed by atoms with Crippen molar-refractivity contribution in [2.45, 2.75) is 87.9 Å². The number of anilines is 6. The Morgan fingerprint density at radius 1 is 0.161 bits per heavy atom. The number of rotatable bonds is 13. The summed E-state index contributed by atoms with van der Waals surface area (Å²) in [6, 6.07) is 157. The Balaban J connectivity index is 0.583. The van der Waals surface area contributed by atoms with Gasteiger partial charge >= 0.3 is 0 Å². The van der Waals surface area contributed by atoms with E-state index in [9.17, 15) is 0 Å². The third-order valence-electron chi connectivity index (χ3n) is 29.6. The largest absolute Gasteiger partial charge is 0.310 e. The van der Waals surface area contributed by atoms with Gasteiger partial charge in [-0.3, -0.25) is 0 Å². The molecule has 6 aliphatic carbocycles. The molecule has 0 N–H and O–H groups in total. The fourth-order valence-corrected chi connectivity index (χ4v) is 23.8. The van der Waals surface area contributed by atoms with Gasteiger partial charge in [0.1, 0.15) is 0 Å². The minimum Gasteiger partial charge on any atom is -0.310 e. The monoisotopic (exact) mass is 1580 g/mol. The second-order valence-electron chi connectivity index (χ2n) is 37.3. The molecule has 0 radical (unpaired) electrons. The van der Waals surface area contributed by atoms with Crippen molar-refractivity contribution < 1.29 is 0 Å². The van der Waals surface area contributed by atoms with E-state index in [2.05, 4.69) is 478 Å². The normalized spacial score (nSPS) is 15.3. The first-order chi connectivity index (χ1) is 60.5. The summed E-state index contributed by atoms with van der Waals surface area (Å²) in [6.07, 6.45) is 0. The predicted octanol–water partition coefficient (Wildman–Crippen LogP) is 31.6. The van der Waals surface area contributed by atoms with Crippen molar-refractivity contribution in [1.29, 1.82) is 0 Å². The molecule has 18 aromatic rings. The average molecular weight is 1590 g/mol. The highest BCUT2D eigenvalue weighted by Gasteiger charge is 2.51. The van der Waals surface area contributed by atoms with E-state index in [-0.39, 0.29) is 21.7 Å². The molecule has 2 nitrogen and oxygen atoms in total. The molecule has 0 fully saturated rings. The van der Waals surface area contributed by atoms with E-state index < -0.39 is 10.8 Å². The van der Waals surface area contributed by atoms with Crippen LogP contribution in [0.2, 0.25) is 0 Å². The Hall–Kier alpha value is -14.4. The Morgan fingerprint density at radius 2 is 0.452 bits per heavy atom. The summed E-state index contributed by atoms with van der Waals surface area (Å²) >= 11 is 0. The molecule has 6 aliphatic rings. The lowest BCUT2D eigenvalue weighted by molar-refractivity contribution is 0.660. The Labute approximate surface area is 728 Å². The molecule has 0 bridgehead atoms. The maximum absolute atomic E-state index is 2.57. The summed E-state index contributed by atoms with van der Waals surface area (Å²) in [5, 5.41) is 0. The van der Waals surface area contributed by atoms with Gasteiger partial charge in [-0.05, 0) is 257 Å². The van der Waals surface area contributed by atoms with Crippen molar-refractivity contribution in [1.82, 2.24) is 0 Å². The highest BCUT2D eigenvalue weighted by Crippen LogP contribution is 2.64. The van der Waals surface area contributed by atoms with Crippen molar-refractivity contribution in [2.24, 2.45) is 0 Å². The zero-order valence-electron chi connectivity index (χ0n) is 71.2. The van der Waals surface area contributed by atoms with Crippen LogP contribution in [0.15, 0.2) is 413 Å². The maximum atomic E-state index is 2.57. The van der Waals surface area contributed by atoms with Crippen LogP contribution >= 0.6 is 0 Å². The molecule has 0 unspecified atom stereocenters. The molecule has 0 saturated carbocycles. The Morgan fingerprint density at radius 3 is 0.919 bits per heavy atom. The molecule has 0 atom stereocenters. The van der Waals surface area contributed by atoms with Crippen LogP contribution in [-0.4, -0.2) is 0 Å². The van der Waals surface area contributed by atoms with Gasteiger partial charge in [0, 0.05) is 55.5 Å². The van der Waals surface area contributed by atoms with Gasteiger partial charge in [-0.2, -0.15) is 0 Å². The molecule has 18 aromatic carbocycles. The second-order valence-corrected chi connectivity index (χ2v) is 37.3. The molecule has 0 heterocycles. The van der Waals surface area contributed by atoms with Crippen molar-refractivity contribution >= 4 is 34.1 Å². The van der Waals surface area contributed by atoms with E-state index in [0.29, 0.717) is 0 Å². The molecule has 0 aromatic heterocycles. The predicted molar refractivity (Wildman–Crippen MR) is 517 cm³/mol. The number of hydrogen-bond acceptors (Lipinski definition) is 2. The number of benzene rings is 18. The minimum absolute atomic E-state index is 0.161. The van der Waals surface area contributed by atoms with Gasteiger partial charge in [-0.15, -0.1) is 0 Å². The summed E-state index contributed by atoms with van der Waals surface area (Å²) in [4.78, 5) is 5.11. The molecular weight excluding hydrogens is 1490 g/mol. The highest BCUT2D eigenvalue weighted by atomic mass is 15.2. The summed E-state index contributed by atoms with van der Waals surface area (Å²) in [5.74, 6) is 0. The maximum Gasteiger partial charge on any atom is 0.0714 e. The fraction of sp³-hybridized carbons (Fsp3) is 0.115. The van der Waals surface area contributed by atoms with Gasteiger partial charge in [0.05, 0.1) is 22.2 Å². The third kappa shape index (κ3) is 10.3. The van der Waals surface area contributed by atoms with E-state index in [1.165, 1.54) is 189 Å². The van der Waals surface area contributed by atoms with Gasteiger partial charge in [0.25, 0.3) is 0 Å². The first-order valence-electron chi connectivity index (χ1n) is 44.1. The zero-order valence-corrected chi connectivity index (χ0v) is 71.2. The van der Waals surface area contributed by atoms with Crippen LogP contribution in [0.1, 0.15) is 144 Å². The fourth-order valence-electron chi connectivity index (χ4n) is 23.8. The smallest absolute Gasteiger partial charge is 0.0714 e. The zero-order chi connectivity index (χ0) is 83.3. The van der Waals surface area contributed by atoms with Crippen molar-refractivity contribution in [2.75, 3.05) is 9.80 Å². The molecule has 124 heavy (non-hydrogen) atoms. The molecule has 0 spiro atoms. The number of nitrogens with zero attached hydrogens (tertiary/aromatic N) is 2. The van der Waals surface area contributed by atoms with Crippen LogP contribution in [0.5, 0.6) is 0 Å². The first-order valence-corrected chi connectivity index (χ1v) is 44.1. The topological polar surface area (TPSA) is 6.48 Å². The van der Waals surface area contributed by atoms with Crippen LogP contribution in [0, 0.1) is 0 Å². The van der Waals surface area contributed by atoms with E-state index in [1.807, 2.05) is 0 Å². The Bertz CT molecular complexity index is 7370. The van der Waals surface area contributed by atoms with Crippen LogP contribution in [0.3, 0.4) is 0 Å². The average Bonchev–Trinajstić information content (AvgIpc) is 1.53. The molecule has 590 valence electrons. The quantitative estimate of drug-likeness (QED) is 0.114. The standard InChI is InChI=1S/C122H92N2/c1-117(2)101-46-25-21-40-91(101)95-69-65-88(75-110(95)117)123(112-52-30-50-106-114(112)98-42-23-27-48-104(98)121(106,82-32-13-9-14-33-82)83-34-15-10-16-35-83)86-61-54-77(55-62-86)80-58-67-93-94-68-59-81(74-109(94)119(5,6)108(93)73-80)79-60-71-103-100(72-79)96-70-66-89(76-111(96)118(103,3)4)124(87-63-56-78(57-64-87)90-44-29-45-97-92-41-22-26-47-102(92)120(7,8)116(90)97)113-53-31-51-107-115(113)99-43-24-28-49-105(99)122(107,84-36-17-11-18-37-84)85-38-19-12-20-39-85/h9-76H,1-8H3. The van der Waals surface area contributed by atoms with Gasteiger partial charge in [0.15, 0.2) is 0 Å². The molecule has 0 amide bonds. The minimum atomic E-state index is -0.570. The van der Waals surface area contributed by atoms with Crippen LogP contribution < -0.4 is 9.80 Å². The lowest BCUT2D eigenvalue weighted by Crippen LogP contribution is -2.28. The van der Waals surface area contributed by atoms with Crippen LogP contribution in [-0.2, 0) is 32.5 Å². The highest BCUT2D eigenvalue weighted by molar-refractivity contribution is 6.02. The van der Waals surface area contributed by atoms with Crippen molar-refractivity contribution in [3.63, 3.8) is 0 Å².